The minimum absolute atomic E-state index is 0.0568. The Labute approximate surface area is 113 Å². The maximum absolute atomic E-state index is 11.8. The molecule has 0 amide bonds. The van der Waals surface area contributed by atoms with Crippen molar-refractivity contribution in [2.75, 3.05) is 24.8 Å². The molecule has 7 N–H and O–H groups in total. The first-order valence-electron chi connectivity index (χ1n) is 5.80. The van der Waals surface area contributed by atoms with Crippen molar-refractivity contribution in [1.82, 2.24) is 9.97 Å². The zero-order valence-corrected chi connectivity index (χ0v) is 10.6. The molecular formula is C10H16N4O6. The lowest BCUT2D eigenvalue weighted by Crippen LogP contribution is -2.55. The largest absolute Gasteiger partial charge is 0.468 e. The summed E-state index contributed by atoms with van der Waals surface area (Å²) >= 11 is 0. The number of H-pyrrole nitrogens is 1. The molecule has 1 aliphatic rings. The zero-order chi connectivity index (χ0) is 14.9. The van der Waals surface area contributed by atoms with Gasteiger partial charge in [-0.05, 0) is 0 Å². The number of aromatic nitrogens is 2. The van der Waals surface area contributed by atoms with E-state index in [9.17, 15) is 20.1 Å². The number of rotatable bonds is 3. The van der Waals surface area contributed by atoms with Gasteiger partial charge in [0, 0.05) is 0 Å². The Kier molecular flexibility index (Phi) is 4.09. The third-order valence-electron chi connectivity index (χ3n) is 2.91. The van der Waals surface area contributed by atoms with Crippen LogP contribution in [0, 0.1) is 0 Å². The Morgan fingerprint density at radius 3 is 2.75 bits per heavy atom. The predicted molar refractivity (Wildman–Crippen MR) is 67.2 cm³/mol. The third-order valence-corrected chi connectivity index (χ3v) is 2.91. The molecule has 2 rings (SSSR count). The Morgan fingerprint density at radius 1 is 1.45 bits per heavy atom. The van der Waals surface area contributed by atoms with E-state index >= 15 is 0 Å². The summed E-state index contributed by atoms with van der Waals surface area (Å²) in [6, 6.07) is -0.0568. The number of aromatic amines is 1. The highest BCUT2D eigenvalue weighted by molar-refractivity contribution is 5.60. The Bertz CT molecular complexity index is 535. The third kappa shape index (κ3) is 2.67. The van der Waals surface area contributed by atoms with Crippen molar-refractivity contribution in [3.05, 3.63) is 10.4 Å². The lowest BCUT2D eigenvalue weighted by Gasteiger charge is -2.35. The molecule has 10 heteroatoms. The van der Waals surface area contributed by atoms with Gasteiger partial charge in [-0.1, -0.05) is 0 Å². The number of nitrogens with two attached hydrogens (primary N) is 1. The lowest BCUT2D eigenvalue weighted by molar-refractivity contribution is -0.178. The summed E-state index contributed by atoms with van der Waals surface area (Å²) in [7, 11) is 1.32. The molecule has 0 aromatic carbocycles. The van der Waals surface area contributed by atoms with Gasteiger partial charge >= 0.3 is 0 Å². The first kappa shape index (κ1) is 14.5. The highest BCUT2D eigenvalue weighted by Crippen LogP contribution is 2.19. The van der Waals surface area contributed by atoms with Gasteiger partial charge in [0.25, 0.3) is 11.6 Å². The summed E-state index contributed by atoms with van der Waals surface area (Å²) in [4.78, 5) is 17.9. The van der Waals surface area contributed by atoms with Crippen LogP contribution in [0.5, 0.6) is 6.01 Å². The maximum atomic E-state index is 11.8. The number of hydrogen-bond acceptors (Lipinski definition) is 9. The molecule has 1 aromatic rings. The van der Waals surface area contributed by atoms with Crippen LogP contribution in [0.2, 0.25) is 0 Å². The molecule has 0 unspecified atom stereocenters. The van der Waals surface area contributed by atoms with E-state index in [1.165, 1.54) is 7.11 Å². The van der Waals surface area contributed by atoms with Crippen LogP contribution < -0.4 is 21.3 Å². The molecule has 1 fully saturated rings. The molecule has 0 bridgehead atoms. The first-order valence-corrected chi connectivity index (χ1v) is 5.80. The van der Waals surface area contributed by atoms with Crippen LogP contribution in [0.15, 0.2) is 4.79 Å². The van der Waals surface area contributed by atoms with Gasteiger partial charge in [-0.2, -0.15) is 4.98 Å². The normalized spacial score (nSPS) is 30.0. The highest BCUT2D eigenvalue weighted by Gasteiger charge is 2.38. The number of nitrogen functional groups attached to an aromatic ring is 1. The first-order chi connectivity index (χ1) is 9.43. The van der Waals surface area contributed by atoms with Crippen molar-refractivity contribution in [1.29, 1.82) is 0 Å². The second-order valence-corrected chi connectivity index (χ2v) is 4.28. The highest BCUT2D eigenvalue weighted by atomic mass is 16.5. The standard InChI is InChI=1S/C10H16N4O6/c1-19-10-13-7(11)4(8(18)14-10)12-9-6(17)5(16)3(15)2-20-9/h3,5-6,9,12,15-17H,2H2,1H3,(H3,11,13,14,18)/t3-,5+,6-,9-/m1/s1. The number of nitrogens with zero attached hydrogens (tertiary/aromatic N) is 1. The number of hydrogen-bond donors (Lipinski definition) is 6. The number of aliphatic hydroxyl groups excluding tert-OH is 3. The molecule has 10 nitrogen and oxygen atoms in total. The van der Waals surface area contributed by atoms with Gasteiger partial charge in [0.15, 0.2) is 12.0 Å². The molecule has 4 atom stereocenters. The van der Waals surface area contributed by atoms with Gasteiger partial charge in [-0.25, -0.2) is 0 Å². The molecule has 1 saturated heterocycles. The monoisotopic (exact) mass is 288 g/mol. The van der Waals surface area contributed by atoms with E-state index in [2.05, 4.69) is 15.3 Å². The molecule has 1 aromatic heterocycles. The number of ether oxygens (including phenoxy) is 2. The van der Waals surface area contributed by atoms with E-state index < -0.39 is 30.1 Å². The van der Waals surface area contributed by atoms with Crippen LogP contribution in [-0.4, -0.2) is 63.5 Å². The second kappa shape index (κ2) is 5.63. The molecule has 20 heavy (non-hydrogen) atoms. The van der Waals surface area contributed by atoms with Crippen molar-refractivity contribution < 1.29 is 24.8 Å². The van der Waals surface area contributed by atoms with Gasteiger partial charge in [0.05, 0.1) is 13.7 Å². The number of aliphatic hydroxyl groups is 3. The van der Waals surface area contributed by atoms with E-state index in [4.69, 9.17) is 15.2 Å². The fourth-order valence-electron chi connectivity index (χ4n) is 1.78. The fourth-order valence-corrected chi connectivity index (χ4v) is 1.78. The van der Waals surface area contributed by atoms with Crippen molar-refractivity contribution in [3.63, 3.8) is 0 Å². The minimum Gasteiger partial charge on any atom is -0.468 e. The molecule has 0 spiro atoms. The quantitative estimate of drug-likeness (QED) is 0.345. The summed E-state index contributed by atoms with van der Waals surface area (Å²) in [6.07, 6.45) is -5.13. The number of nitrogens with one attached hydrogen (secondary N) is 2. The Balaban J connectivity index is 2.20. The summed E-state index contributed by atoms with van der Waals surface area (Å²) in [5, 5.41) is 31.2. The van der Waals surface area contributed by atoms with Crippen LogP contribution in [0.4, 0.5) is 11.5 Å². The van der Waals surface area contributed by atoms with Gasteiger partial charge in [-0.15, -0.1) is 0 Å². The Hall–Kier alpha value is -1.88. The number of anilines is 2. The smallest absolute Gasteiger partial charge is 0.298 e. The van der Waals surface area contributed by atoms with Crippen molar-refractivity contribution in [2.24, 2.45) is 0 Å². The summed E-state index contributed by atoms with van der Waals surface area (Å²) < 4.78 is 9.85. The molecule has 0 aliphatic carbocycles. The average molecular weight is 288 g/mol. The summed E-state index contributed by atoms with van der Waals surface area (Å²) in [5.74, 6) is -0.151. The van der Waals surface area contributed by atoms with Crippen LogP contribution in [0.3, 0.4) is 0 Å². The lowest BCUT2D eigenvalue weighted by atomic mass is 10.0. The van der Waals surface area contributed by atoms with Crippen molar-refractivity contribution in [2.45, 2.75) is 24.5 Å². The van der Waals surface area contributed by atoms with Crippen LogP contribution in [0.25, 0.3) is 0 Å². The zero-order valence-electron chi connectivity index (χ0n) is 10.6. The Morgan fingerprint density at radius 2 is 2.15 bits per heavy atom. The molecule has 1 aliphatic heterocycles. The molecule has 2 heterocycles. The second-order valence-electron chi connectivity index (χ2n) is 4.28. The van der Waals surface area contributed by atoms with E-state index in [0.29, 0.717) is 0 Å². The number of methoxy groups -OCH3 is 1. The van der Waals surface area contributed by atoms with Crippen LogP contribution in [0.1, 0.15) is 0 Å². The van der Waals surface area contributed by atoms with Gasteiger partial charge in [0.2, 0.25) is 0 Å². The summed E-state index contributed by atoms with van der Waals surface area (Å²) in [5.41, 5.74) is 4.85. The molecule has 112 valence electrons. The maximum Gasteiger partial charge on any atom is 0.298 e. The average Bonchev–Trinajstić information content (AvgIpc) is 2.42. The fraction of sp³-hybridized carbons (Fsp3) is 0.600. The van der Waals surface area contributed by atoms with Crippen LogP contribution in [-0.2, 0) is 4.74 Å². The predicted octanol–water partition coefficient (Wildman–Crippen LogP) is -2.79. The molecule has 0 radical (unpaired) electrons. The van der Waals surface area contributed by atoms with Crippen LogP contribution >= 0.6 is 0 Å². The van der Waals surface area contributed by atoms with E-state index in [1.807, 2.05) is 0 Å². The van der Waals surface area contributed by atoms with E-state index in [-0.39, 0.29) is 24.1 Å². The topological polar surface area (TPSA) is 163 Å². The van der Waals surface area contributed by atoms with Gasteiger partial charge in [-0.3, -0.25) is 9.78 Å². The van der Waals surface area contributed by atoms with Gasteiger partial charge < -0.3 is 35.8 Å². The van der Waals surface area contributed by atoms with E-state index in [0.717, 1.165) is 0 Å². The van der Waals surface area contributed by atoms with E-state index in [1.54, 1.807) is 0 Å². The van der Waals surface area contributed by atoms with Crippen molar-refractivity contribution in [3.8, 4) is 6.01 Å². The van der Waals surface area contributed by atoms with Crippen molar-refractivity contribution >= 4 is 11.5 Å². The minimum atomic E-state index is -1.43. The summed E-state index contributed by atoms with van der Waals surface area (Å²) in [6.45, 7) is -0.197. The molecule has 0 saturated carbocycles. The SMILES string of the molecule is COc1nc(N)c(N[C@@H]2OC[C@@H](O)[C@H](O)[C@H]2O)c(=O)[nH]1. The van der Waals surface area contributed by atoms with Gasteiger partial charge in [0.1, 0.15) is 24.0 Å². The molecular weight excluding hydrogens is 272 g/mol.